The maximum absolute atomic E-state index is 10.9. The Labute approximate surface area is 125 Å². The summed E-state index contributed by atoms with van der Waals surface area (Å²) < 4.78 is 10.8. The van der Waals surface area contributed by atoms with Gasteiger partial charge in [-0.15, -0.1) is 0 Å². The standard InChI is InChI=1S/C15H24N2O4/c1-4-20-15-10-13(9-14(11-15)17(18)19)16-7-5-6-8-21-12(2)3/h9-12,16H,4-8H2,1-3H3. The molecule has 0 saturated heterocycles. The molecule has 0 radical (unpaired) electrons. The summed E-state index contributed by atoms with van der Waals surface area (Å²) in [7, 11) is 0. The van der Waals surface area contributed by atoms with E-state index in [2.05, 4.69) is 5.32 Å². The van der Waals surface area contributed by atoms with Crippen LogP contribution in [-0.2, 0) is 4.74 Å². The minimum atomic E-state index is -0.413. The van der Waals surface area contributed by atoms with Crippen LogP contribution in [-0.4, -0.2) is 30.8 Å². The highest BCUT2D eigenvalue weighted by Crippen LogP contribution is 2.26. The van der Waals surface area contributed by atoms with Crippen molar-refractivity contribution in [2.24, 2.45) is 0 Å². The number of rotatable bonds is 10. The van der Waals surface area contributed by atoms with E-state index >= 15 is 0 Å². The minimum Gasteiger partial charge on any atom is -0.494 e. The predicted molar refractivity (Wildman–Crippen MR) is 83.1 cm³/mol. The van der Waals surface area contributed by atoms with Gasteiger partial charge in [0, 0.05) is 31.0 Å². The van der Waals surface area contributed by atoms with E-state index < -0.39 is 4.92 Å². The number of nitrogens with one attached hydrogen (secondary N) is 1. The second-order valence-corrected chi connectivity index (χ2v) is 4.96. The number of nitro benzene ring substituents is 1. The van der Waals surface area contributed by atoms with Crippen molar-refractivity contribution < 1.29 is 14.4 Å². The topological polar surface area (TPSA) is 73.6 Å². The Morgan fingerprint density at radius 2 is 2.05 bits per heavy atom. The molecule has 0 aliphatic carbocycles. The third-order valence-corrected chi connectivity index (χ3v) is 2.76. The van der Waals surface area contributed by atoms with Crippen molar-refractivity contribution in [1.82, 2.24) is 0 Å². The summed E-state index contributed by atoms with van der Waals surface area (Å²) in [5, 5.41) is 14.1. The van der Waals surface area contributed by atoms with Gasteiger partial charge in [0.25, 0.3) is 5.69 Å². The molecule has 0 unspecified atom stereocenters. The molecule has 1 aromatic carbocycles. The lowest BCUT2D eigenvalue weighted by Crippen LogP contribution is -2.07. The molecule has 118 valence electrons. The first-order chi connectivity index (χ1) is 10.0. The van der Waals surface area contributed by atoms with E-state index in [1.807, 2.05) is 20.8 Å². The summed E-state index contributed by atoms with van der Waals surface area (Å²) in [6, 6.07) is 4.74. The first kappa shape index (κ1) is 17.2. The SMILES string of the molecule is CCOc1cc(NCCCCOC(C)C)cc([N+](=O)[O-])c1. The Balaban J connectivity index is 2.48. The lowest BCUT2D eigenvalue weighted by Gasteiger charge is -2.10. The molecule has 0 aromatic heterocycles. The second kappa shape index (κ2) is 9.18. The van der Waals surface area contributed by atoms with Crippen LogP contribution in [0.1, 0.15) is 33.6 Å². The summed E-state index contributed by atoms with van der Waals surface area (Å²) in [4.78, 5) is 10.5. The van der Waals surface area contributed by atoms with Crippen molar-refractivity contribution in [1.29, 1.82) is 0 Å². The molecule has 6 heteroatoms. The summed E-state index contributed by atoms with van der Waals surface area (Å²) in [6.45, 7) is 7.83. The monoisotopic (exact) mass is 296 g/mol. The largest absolute Gasteiger partial charge is 0.494 e. The zero-order valence-corrected chi connectivity index (χ0v) is 12.9. The Bertz CT molecular complexity index is 449. The zero-order chi connectivity index (χ0) is 15.7. The molecule has 0 atom stereocenters. The van der Waals surface area contributed by atoms with Crippen molar-refractivity contribution in [3.05, 3.63) is 28.3 Å². The summed E-state index contributed by atoms with van der Waals surface area (Å²) in [6.07, 6.45) is 2.15. The Morgan fingerprint density at radius 1 is 1.29 bits per heavy atom. The molecule has 0 amide bonds. The van der Waals surface area contributed by atoms with Gasteiger partial charge in [-0.3, -0.25) is 10.1 Å². The van der Waals surface area contributed by atoms with Crippen LogP contribution < -0.4 is 10.1 Å². The quantitative estimate of drug-likeness (QED) is 0.405. The van der Waals surface area contributed by atoms with Gasteiger partial charge in [0.15, 0.2) is 0 Å². The van der Waals surface area contributed by atoms with Crippen molar-refractivity contribution in [3.63, 3.8) is 0 Å². The van der Waals surface area contributed by atoms with Crippen molar-refractivity contribution in [2.45, 2.75) is 39.7 Å². The van der Waals surface area contributed by atoms with E-state index in [0.717, 1.165) is 26.0 Å². The number of unbranched alkanes of at least 4 members (excludes halogenated alkanes) is 1. The first-order valence-corrected chi connectivity index (χ1v) is 7.30. The molecule has 0 spiro atoms. The third kappa shape index (κ3) is 6.94. The Hall–Kier alpha value is -1.82. The van der Waals surface area contributed by atoms with E-state index in [1.54, 1.807) is 6.07 Å². The van der Waals surface area contributed by atoms with Crippen molar-refractivity contribution in [2.75, 3.05) is 25.1 Å². The lowest BCUT2D eigenvalue weighted by atomic mass is 10.2. The highest BCUT2D eigenvalue weighted by molar-refractivity contribution is 5.56. The Morgan fingerprint density at radius 3 is 2.67 bits per heavy atom. The number of non-ortho nitro benzene ring substituents is 1. The van der Waals surface area contributed by atoms with E-state index in [9.17, 15) is 10.1 Å². The van der Waals surface area contributed by atoms with E-state index in [1.165, 1.54) is 12.1 Å². The van der Waals surface area contributed by atoms with Gasteiger partial charge in [0.05, 0.1) is 23.7 Å². The van der Waals surface area contributed by atoms with Gasteiger partial charge in [-0.2, -0.15) is 0 Å². The number of hydrogen-bond donors (Lipinski definition) is 1. The van der Waals surface area contributed by atoms with Crippen LogP contribution in [0, 0.1) is 10.1 Å². The number of benzene rings is 1. The van der Waals surface area contributed by atoms with Crippen molar-refractivity contribution >= 4 is 11.4 Å². The lowest BCUT2D eigenvalue weighted by molar-refractivity contribution is -0.384. The maximum atomic E-state index is 10.9. The average Bonchev–Trinajstić information content (AvgIpc) is 2.42. The van der Waals surface area contributed by atoms with Crippen LogP contribution in [0.5, 0.6) is 5.75 Å². The molecule has 0 heterocycles. The molecule has 6 nitrogen and oxygen atoms in total. The van der Waals surface area contributed by atoms with Gasteiger partial charge in [-0.25, -0.2) is 0 Å². The predicted octanol–water partition coefficient (Wildman–Crippen LogP) is 3.61. The van der Waals surface area contributed by atoms with Crippen LogP contribution >= 0.6 is 0 Å². The fourth-order valence-electron chi connectivity index (χ4n) is 1.82. The molecule has 0 bridgehead atoms. The van der Waals surface area contributed by atoms with Crippen LogP contribution in [0.4, 0.5) is 11.4 Å². The van der Waals surface area contributed by atoms with Crippen LogP contribution in [0.2, 0.25) is 0 Å². The molecule has 0 aliphatic heterocycles. The molecule has 1 N–H and O–H groups in total. The van der Waals surface area contributed by atoms with Gasteiger partial charge in [0.2, 0.25) is 0 Å². The Kier molecular flexibility index (Phi) is 7.53. The number of nitrogens with zero attached hydrogens (tertiary/aromatic N) is 1. The molecule has 0 saturated carbocycles. The molecule has 1 aromatic rings. The molecule has 0 fully saturated rings. The second-order valence-electron chi connectivity index (χ2n) is 4.96. The summed E-state index contributed by atoms with van der Waals surface area (Å²) in [5.74, 6) is 0.511. The average molecular weight is 296 g/mol. The van der Waals surface area contributed by atoms with Crippen LogP contribution in [0.25, 0.3) is 0 Å². The van der Waals surface area contributed by atoms with Gasteiger partial charge >= 0.3 is 0 Å². The van der Waals surface area contributed by atoms with E-state index in [4.69, 9.17) is 9.47 Å². The van der Waals surface area contributed by atoms with Gasteiger partial charge in [0.1, 0.15) is 5.75 Å². The molecular formula is C15H24N2O4. The molecule has 1 rings (SSSR count). The van der Waals surface area contributed by atoms with Crippen molar-refractivity contribution in [3.8, 4) is 5.75 Å². The minimum absolute atomic E-state index is 0.0339. The van der Waals surface area contributed by atoms with E-state index in [0.29, 0.717) is 18.0 Å². The molecule has 21 heavy (non-hydrogen) atoms. The van der Waals surface area contributed by atoms with Gasteiger partial charge in [-0.05, 0) is 33.6 Å². The normalized spacial score (nSPS) is 10.7. The smallest absolute Gasteiger partial charge is 0.275 e. The highest BCUT2D eigenvalue weighted by atomic mass is 16.6. The first-order valence-electron chi connectivity index (χ1n) is 7.30. The fraction of sp³-hybridized carbons (Fsp3) is 0.600. The summed E-state index contributed by atoms with van der Waals surface area (Å²) in [5.41, 5.74) is 0.740. The third-order valence-electron chi connectivity index (χ3n) is 2.76. The fourth-order valence-corrected chi connectivity index (χ4v) is 1.82. The number of anilines is 1. The number of hydrogen-bond acceptors (Lipinski definition) is 5. The van der Waals surface area contributed by atoms with Crippen LogP contribution in [0.15, 0.2) is 18.2 Å². The summed E-state index contributed by atoms with van der Waals surface area (Å²) >= 11 is 0. The van der Waals surface area contributed by atoms with Crippen LogP contribution in [0.3, 0.4) is 0 Å². The van der Waals surface area contributed by atoms with Gasteiger partial charge < -0.3 is 14.8 Å². The molecule has 0 aliphatic rings. The highest BCUT2D eigenvalue weighted by Gasteiger charge is 2.10. The number of ether oxygens (including phenoxy) is 2. The van der Waals surface area contributed by atoms with Gasteiger partial charge in [-0.1, -0.05) is 0 Å². The number of nitro groups is 1. The molecular weight excluding hydrogens is 272 g/mol. The van der Waals surface area contributed by atoms with E-state index in [-0.39, 0.29) is 11.8 Å². The zero-order valence-electron chi connectivity index (χ0n) is 12.9. The maximum Gasteiger partial charge on any atom is 0.275 e.